The van der Waals surface area contributed by atoms with Crippen molar-refractivity contribution in [2.75, 3.05) is 0 Å². The molecule has 0 aliphatic heterocycles. The molecule has 0 unspecified atom stereocenters. The average Bonchev–Trinajstić information content (AvgIpc) is 2.82. The van der Waals surface area contributed by atoms with E-state index in [0.717, 1.165) is 6.42 Å². The van der Waals surface area contributed by atoms with Gasteiger partial charge in [-0.2, -0.15) is 13.2 Å². The average molecular weight is 503 g/mol. The predicted octanol–water partition coefficient (Wildman–Crippen LogP) is 6.42. The van der Waals surface area contributed by atoms with E-state index in [1.54, 1.807) is 0 Å². The summed E-state index contributed by atoms with van der Waals surface area (Å²) >= 11 is 0. The van der Waals surface area contributed by atoms with Gasteiger partial charge < -0.3 is 4.55 Å². The van der Waals surface area contributed by atoms with E-state index < -0.39 is 15.6 Å². The summed E-state index contributed by atoms with van der Waals surface area (Å²) in [5.74, 6) is 0. The van der Waals surface area contributed by atoms with Gasteiger partial charge >= 0.3 is 5.51 Å². The van der Waals surface area contributed by atoms with Crippen LogP contribution in [0.5, 0.6) is 0 Å². The van der Waals surface area contributed by atoms with E-state index in [1.807, 2.05) is 0 Å². The lowest BCUT2D eigenvalue weighted by molar-refractivity contribution is -0.0517. The van der Waals surface area contributed by atoms with E-state index in [1.165, 1.54) is 25.8 Å². The summed E-state index contributed by atoms with van der Waals surface area (Å²) in [6, 6.07) is 41.4. The summed E-state index contributed by atoms with van der Waals surface area (Å²) in [5, 5.41) is 0. The first-order chi connectivity index (χ1) is 16.1. The summed E-state index contributed by atoms with van der Waals surface area (Å²) in [7, 11) is -6.16. The van der Waals surface area contributed by atoms with Crippen LogP contribution in [-0.4, -0.2) is 18.5 Å². The fourth-order valence-corrected chi connectivity index (χ4v) is 5.18. The number of rotatable bonds is 5. The first kappa shape index (κ1) is 25.6. The maximum Gasteiger partial charge on any atom is 0.485 e. The molecule has 34 heavy (non-hydrogen) atoms. The molecule has 8 heteroatoms. The molecule has 0 aliphatic carbocycles. The summed E-state index contributed by atoms with van der Waals surface area (Å²) in [6.07, 6.45) is 0.978. The summed E-state index contributed by atoms with van der Waals surface area (Å²) in [6.45, 7) is 0. The van der Waals surface area contributed by atoms with Crippen molar-refractivity contribution in [3.8, 4) is 0 Å². The molecule has 0 atom stereocenters. The second-order valence-electron chi connectivity index (χ2n) is 7.14. The van der Waals surface area contributed by atoms with Crippen LogP contribution >= 0.6 is 0 Å². The van der Waals surface area contributed by atoms with Crippen molar-refractivity contribution < 1.29 is 26.1 Å². The molecule has 0 bridgehead atoms. The van der Waals surface area contributed by atoms with E-state index in [2.05, 4.69) is 115 Å². The van der Waals surface area contributed by atoms with Gasteiger partial charge in [-0.1, -0.05) is 78.9 Å². The first-order valence-electron chi connectivity index (χ1n) is 10.1. The Morgan fingerprint density at radius 2 is 0.912 bits per heavy atom. The van der Waals surface area contributed by atoms with E-state index in [9.17, 15) is 13.2 Å². The number of hydrogen-bond acceptors (Lipinski definition) is 3. The van der Waals surface area contributed by atoms with Gasteiger partial charge in [-0.05, 0) is 53.9 Å². The maximum absolute atomic E-state index is 10.7. The van der Waals surface area contributed by atoms with Crippen LogP contribution in [-0.2, 0) is 27.4 Å². The highest BCUT2D eigenvalue weighted by Gasteiger charge is 2.37. The molecule has 4 aromatic rings. The molecule has 3 nitrogen and oxygen atoms in total. The third kappa shape index (κ3) is 7.21. The topological polar surface area (TPSA) is 57.2 Å². The lowest BCUT2D eigenvalue weighted by atomic mass is 10.1. The highest BCUT2D eigenvalue weighted by atomic mass is 32.2. The number of benzene rings is 4. The Morgan fingerprint density at radius 1 is 0.588 bits per heavy atom. The molecule has 0 spiro atoms. The Kier molecular flexibility index (Phi) is 8.55. The van der Waals surface area contributed by atoms with Gasteiger partial charge in [0.2, 0.25) is 0 Å². The first-order valence-corrected chi connectivity index (χ1v) is 12.8. The van der Waals surface area contributed by atoms with Crippen LogP contribution in [0.25, 0.3) is 0 Å². The minimum Gasteiger partial charge on any atom is -0.741 e. The monoisotopic (exact) mass is 502 g/mol. The zero-order valence-electron chi connectivity index (χ0n) is 17.9. The molecule has 0 radical (unpaired) electrons. The molecule has 0 heterocycles. The molecule has 0 aromatic heterocycles. The van der Waals surface area contributed by atoms with Gasteiger partial charge in [-0.15, -0.1) is 0 Å². The molecule has 0 amide bonds. The SMILES string of the molecule is O=S(=O)([O-])C(F)(F)F.c1ccc(Cc2ccc([S+](c3ccccc3)c3ccccc3)cc2)cc1. The van der Waals surface area contributed by atoms with Gasteiger partial charge in [-0.3, -0.25) is 0 Å². The lowest BCUT2D eigenvalue weighted by Gasteiger charge is -2.09. The normalized spacial score (nSPS) is 11.6. The number of hydrogen-bond donors (Lipinski definition) is 0. The van der Waals surface area contributed by atoms with Gasteiger partial charge in [0.15, 0.2) is 24.8 Å². The molecular formula is C26H21F3O3S2. The van der Waals surface area contributed by atoms with Gasteiger partial charge in [0.25, 0.3) is 0 Å². The predicted molar refractivity (Wildman–Crippen MR) is 126 cm³/mol. The van der Waals surface area contributed by atoms with E-state index in [4.69, 9.17) is 13.0 Å². The Hall–Kier alpha value is -3.07. The van der Waals surface area contributed by atoms with E-state index >= 15 is 0 Å². The molecule has 0 N–H and O–H groups in total. The van der Waals surface area contributed by atoms with Crippen LogP contribution in [0.3, 0.4) is 0 Å². The van der Waals surface area contributed by atoms with Crippen molar-refractivity contribution in [2.45, 2.75) is 26.6 Å². The van der Waals surface area contributed by atoms with Gasteiger partial charge in [0, 0.05) is 0 Å². The standard InChI is InChI=1S/C25H21S.CHF3O3S/c1-4-10-21(11-5-1)20-22-16-18-25(19-17-22)26(23-12-6-2-7-13-23)24-14-8-3-9-15-24;2-1(3,4)8(5,6)7/h1-19H,20H2;(H,5,6,7)/q+1;/p-1. The minimum absolute atomic E-state index is 0.0694. The second kappa shape index (κ2) is 11.4. The Labute approximate surface area is 200 Å². The zero-order chi connectivity index (χ0) is 24.6. The Bertz CT molecular complexity index is 1220. The molecule has 176 valence electrons. The lowest BCUT2D eigenvalue weighted by Crippen LogP contribution is -2.21. The van der Waals surface area contributed by atoms with Crippen LogP contribution in [0.4, 0.5) is 13.2 Å². The van der Waals surface area contributed by atoms with E-state index in [0.29, 0.717) is 0 Å². The van der Waals surface area contributed by atoms with Crippen LogP contribution in [0.2, 0.25) is 0 Å². The molecule has 4 rings (SSSR count). The van der Waals surface area contributed by atoms with Crippen molar-refractivity contribution in [1.29, 1.82) is 0 Å². The van der Waals surface area contributed by atoms with Crippen molar-refractivity contribution in [3.05, 3.63) is 126 Å². The van der Waals surface area contributed by atoms with Crippen molar-refractivity contribution in [1.82, 2.24) is 0 Å². The highest BCUT2D eigenvalue weighted by molar-refractivity contribution is 7.97. The van der Waals surface area contributed by atoms with Crippen LogP contribution < -0.4 is 0 Å². The van der Waals surface area contributed by atoms with Gasteiger partial charge in [0.05, 0.1) is 10.9 Å². The Balaban J connectivity index is 0.000000350. The number of halogens is 3. The minimum atomic E-state index is -6.09. The van der Waals surface area contributed by atoms with Gasteiger partial charge in [-0.25, -0.2) is 8.42 Å². The van der Waals surface area contributed by atoms with Gasteiger partial charge in [0.1, 0.15) is 0 Å². The summed E-state index contributed by atoms with van der Waals surface area (Å²) in [5.41, 5.74) is -2.94. The van der Waals surface area contributed by atoms with Crippen LogP contribution in [0.15, 0.2) is 130 Å². The maximum atomic E-state index is 10.7. The second-order valence-corrected chi connectivity index (χ2v) is 10.5. The third-order valence-electron chi connectivity index (χ3n) is 4.65. The van der Waals surface area contributed by atoms with Crippen LogP contribution in [0.1, 0.15) is 11.1 Å². The third-order valence-corrected chi connectivity index (χ3v) is 7.45. The summed E-state index contributed by atoms with van der Waals surface area (Å²) in [4.78, 5) is 4.07. The smallest absolute Gasteiger partial charge is 0.485 e. The molecule has 4 aromatic carbocycles. The quantitative estimate of drug-likeness (QED) is 0.180. The molecule has 0 saturated carbocycles. The number of alkyl halides is 3. The summed E-state index contributed by atoms with van der Waals surface area (Å²) < 4.78 is 58.9. The fourth-order valence-electron chi connectivity index (χ4n) is 3.10. The van der Waals surface area contributed by atoms with Crippen molar-refractivity contribution in [2.24, 2.45) is 0 Å². The molecule has 0 saturated heterocycles. The van der Waals surface area contributed by atoms with Crippen molar-refractivity contribution in [3.63, 3.8) is 0 Å². The largest absolute Gasteiger partial charge is 0.741 e. The van der Waals surface area contributed by atoms with E-state index in [-0.39, 0.29) is 10.9 Å². The highest BCUT2D eigenvalue weighted by Crippen LogP contribution is 2.31. The zero-order valence-corrected chi connectivity index (χ0v) is 19.5. The molecule has 0 aliphatic rings. The molecular weight excluding hydrogens is 481 g/mol. The van der Waals surface area contributed by atoms with Crippen LogP contribution in [0, 0.1) is 0 Å². The molecule has 0 fully saturated rings. The fraction of sp³-hybridized carbons (Fsp3) is 0.0769. The van der Waals surface area contributed by atoms with Crippen molar-refractivity contribution >= 4 is 21.0 Å². The Morgan fingerprint density at radius 3 is 1.29 bits per heavy atom.